The van der Waals surface area contributed by atoms with Crippen LogP contribution in [0.2, 0.25) is 0 Å². The topological polar surface area (TPSA) is 152 Å². The zero-order valence-electron chi connectivity index (χ0n) is 22.1. The second-order valence-corrected chi connectivity index (χ2v) is 10.4. The fourth-order valence-corrected chi connectivity index (χ4v) is 4.66. The Kier molecular flexibility index (Phi) is 8.18. The molecule has 0 unspecified atom stereocenters. The molecule has 0 aliphatic heterocycles. The number of carbonyl (C=O) groups is 3. The number of azo groups is 1. The lowest BCUT2D eigenvalue weighted by atomic mass is 9.90. The van der Waals surface area contributed by atoms with Gasteiger partial charge in [0.2, 0.25) is 11.8 Å². The van der Waals surface area contributed by atoms with E-state index in [0.29, 0.717) is 18.2 Å². The van der Waals surface area contributed by atoms with Gasteiger partial charge in [-0.05, 0) is 57.4 Å². The van der Waals surface area contributed by atoms with E-state index >= 15 is 0 Å². The van der Waals surface area contributed by atoms with Crippen LogP contribution < -0.4 is 5.32 Å². The molecule has 11 heteroatoms. The molecule has 1 aliphatic carbocycles. The molecule has 1 aromatic heterocycles. The van der Waals surface area contributed by atoms with Gasteiger partial charge in [-0.1, -0.05) is 53.4 Å². The maximum Gasteiger partial charge on any atom is 0.453 e. The zero-order chi connectivity index (χ0) is 28.2. The lowest BCUT2D eigenvalue weighted by molar-refractivity contribution is 0.0584. The Bertz CT molecular complexity index is 1390. The van der Waals surface area contributed by atoms with E-state index in [9.17, 15) is 24.6 Å². The summed E-state index contributed by atoms with van der Waals surface area (Å²) in [6.45, 7) is 5.11. The number of aromatic nitrogens is 1. The van der Waals surface area contributed by atoms with E-state index in [2.05, 4.69) is 15.5 Å². The summed E-state index contributed by atoms with van der Waals surface area (Å²) in [4.78, 5) is 36.8. The van der Waals surface area contributed by atoms with E-state index in [4.69, 9.17) is 9.47 Å². The number of ether oxygens (including phenoxy) is 2. The standard InChI is InChI=1S/C28H32N4O7/c1-28(2,3)39-27(37)31-30-23(33)18-13-14-19-20(15-18)25(35)32(24(19)34)22-12-8-7-11-21(22)29-26(36)38-16-17-9-5-4-6-10-17/h4-6,9-10,13-15,21-22,34-35H,7-8,11-12,16H2,1-3H3,(H,29,36)/t21-,22-/m1/s1. The molecule has 1 aliphatic rings. The van der Waals surface area contributed by atoms with Crippen molar-refractivity contribution in [3.05, 3.63) is 59.7 Å². The Morgan fingerprint density at radius 2 is 1.67 bits per heavy atom. The lowest BCUT2D eigenvalue weighted by Gasteiger charge is -2.33. The van der Waals surface area contributed by atoms with Gasteiger partial charge >= 0.3 is 12.2 Å². The first-order valence-corrected chi connectivity index (χ1v) is 12.8. The summed E-state index contributed by atoms with van der Waals surface area (Å²) in [5.74, 6) is -1.25. The highest BCUT2D eigenvalue weighted by molar-refractivity contribution is 6.02. The van der Waals surface area contributed by atoms with Gasteiger partial charge < -0.3 is 25.0 Å². The highest BCUT2D eigenvalue weighted by Crippen LogP contribution is 2.43. The third-order valence-electron chi connectivity index (χ3n) is 6.40. The molecule has 39 heavy (non-hydrogen) atoms. The summed E-state index contributed by atoms with van der Waals surface area (Å²) < 4.78 is 11.8. The third kappa shape index (κ3) is 6.73. The molecule has 11 nitrogen and oxygen atoms in total. The average Bonchev–Trinajstić information content (AvgIpc) is 3.15. The summed E-state index contributed by atoms with van der Waals surface area (Å²) in [7, 11) is 0. The van der Waals surface area contributed by atoms with Crippen molar-refractivity contribution in [2.75, 3.05) is 0 Å². The summed E-state index contributed by atoms with van der Waals surface area (Å²) >= 11 is 0. The number of hydrogen-bond donors (Lipinski definition) is 3. The Balaban J connectivity index is 1.52. The van der Waals surface area contributed by atoms with Gasteiger partial charge in [0.25, 0.3) is 5.91 Å². The molecule has 4 rings (SSSR count). The molecule has 1 fully saturated rings. The summed E-state index contributed by atoms with van der Waals surface area (Å²) in [5, 5.41) is 32.3. The van der Waals surface area contributed by atoms with E-state index in [1.165, 1.54) is 22.8 Å². The van der Waals surface area contributed by atoms with Crippen molar-refractivity contribution >= 4 is 28.9 Å². The number of carbonyl (C=O) groups excluding carboxylic acids is 3. The number of rotatable bonds is 5. The maximum atomic E-state index is 12.6. The van der Waals surface area contributed by atoms with Gasteiger partial charge in [-0.25, -0.2) is 9.59 Å². The van der Waals surface area contributed by atoms with Crippen LogP contribution in [0.4, 0.5) is 9.59 Å². The summed E-state index contributed by atoms with van der Waals surface area (Å²) in [6.07, 6.45) is 1.35. The van der Waals surface area contributed by atoms with Gasteiger partial charge in [-0.15, -0.1) is 0 Å². The molecule has 2 atom stereocenters. The number of nitrogens with one attached hydrogen (secondary N) is 1. The molecule has 1 heterocycles. The molecular formula is C28H32N4O7. The molecule has 2 aromatic carbocycles. The molecule has 3 aromatic rings. The monoisotopic (exact) mass is 536 g/mol. The normalized spacial score (nSPS) is 17.7. The second kappa shape index (κ2) is 11.5. The van der Waals surface area contributed by atoms with E-state index in [0.717, 1.165) is 18.4 Å². The van der Waals surface area contributed by atoms with Crippen molar-refractivity contribution in [1.82, 2.24) is 9.88 Å². The minimum absolute atomic E-state index is 0.0602. The summed E-state index contributed by atoms with van der Waals surface area (Å²) in [6, 6.07) is 12.7. The molecule has 0 bridgehead atoms. The highest BCUT2D eigenvalue weighted by atomic mass is 16.6. The Morgan fingerprint density at radius 1 is 0.974 bits per heavy atom. The van der Waals surface area contributed by atoms with Crippen molar-refractivity contribution in [2.24, 2.45) is 10.2 Å². The average molecular weight is 537 g/mol. The molecule has 0 spiro atoms. The number of nitrogens with zero attached hydrogens (tertiary/aromatic N) is 3. The van der Waals surface area contributed by atoms with Gasteiger partial charge in [0.15, 0.2) is 0 Å². The van der Waals surface area contributed by atoms with E-state index in [1.807, 2.05) is 30.3 Å². The van der Waals surface area contributed by atoms with Crippen LogP contribution >= 0.6 is 0 Å². The van der Waals surface area contributed by atoms with Gasteiger partial charge in [-0.2, -0.15) is 0 Å². The fraction of sp³-hybridized carbons (Fsp3) is 0.393. The van der Waals surface area contributed by atoms with Crippen molar-refractivity contribution in [3.8, 4) is 11.8 Å². The lowest BCUT2D eigenvalue weighted by Crippen LogP contribution is -2.43. The van der Waals surface area contributed by atoms with E-state index in [-0.39, 0.29) is 29.3 Å². The number of amides is 3. The smallest absolute Gasteiger partial charge is 0.453 e. The maximum absolute atomic E-state index is 12.6. The van der Waals surface area contributed by atoms with Crippen molar-refractivity contribution < 1.29 is 34.1 Å². The molecule has 0 radical (unpaired) electrons. The number of alkyl carbamates (subject to hydrolysis) is 1. The van der Waals surface area contributed by atoms with E-state index in [1.54, 1.807) is 20.8 Å². The number of benzene rings is 2. The van der Waals surface area contributed by atoms with Crippen LogP contribution in [-0.4, -0.2) is 44.5 Å². The predicted octanol–water partition coefficient (Wildman–Crippen LogP) is 5.99. The molecule has 206 valence electrons. The highest BCUT2D eigenvalue weighted by Gasteiger charge is 2.33. The summed E-state index contributed by atoms with van der Waals surface area (Å²) in [5.41, 5.74) is 0.134. The number of hydrogen-bond acceptors (Lipinski definition) is 7. The van der Waals surface area contributed by atoms with Crippen molar-refractivity contribution in [3.63, 3.8) is 0 Å². The van der Waals surface area contributed by atoms with Gasteiger partial charge in [0.1, 0.15) is 12.2 Å². The van der Waals surface area contributed by atoms with Gasteiger partial charge in [-0.3, -0.25) is 9.36 Å². The first-order valence-electron chi connectivity index (χ1n) is 12.8. The van der Waals surface area contributed by atoms with Crippen LogP contribution in [0, 0.1) is 0 Å². The Hall–Kier alpha value is -4.41. The minimum atomic E-state index is -0.998. The number of aromatic hydroxyl groups is 2. The largest absolute Gasteiger partial charge is 0.494 e. The minimum Gasteiger partial charge on any atom is -0.494 e. The van der Waals surface area contributed by atoms with Crippen LogP contribution in [0.15, 0.2) is 58.8 Å². The first kappa shape index (κ1) is 27.6. The molecule has 3 amide bonds. The van der Waals surface area contributed by atoms with Gasteiger partial charge in [0.05, 0.1) is 12.1 Å². The van der Waals surface area contributed by atoms with E-state index < -0.39 is 35.8 Å². The fourth-order valence-electron chi connectivity index (χ4n) is 4.66. The van der Waals surface area contributed by atoms with Crippen molar-refractivity contribution in [2.45, 2.75) is 70.7 Å². The van der Waals surface area contributed by atoms with Crippen LogP contribution in [-0.2, 0) is 16.1 Å². The van der Waals surface area contributed by atoms with Crippen LogP contribution in [0.5, 0.6) is 11.8 Å². The molecular weight excluding hydrogens is 504 g/mol. The van der Waals surface area contributed by atoms with Crippen LogP contribution in [0.1, 0.15) is 68.4 Å². The first-order chi connectivity index (χ1) is 18.5. The van der Waals surface area contributed by atoms with Crippen LogP contribution in [0.3, 0.4) is 0 Å². The van der Waals surface area contributed by atoms with Crippen molar-refractivity contribution in [1.29, 1.82) is 0 Å². The van der Waals surface area contributed by atoms with Crippen LogP contribution in [0.25, 0.3) is 10.8 Å². The predicted molar refractivity (Wildman–Crippen MR) is 142 cm³/mol. The van der Waals surface area contributed by atoms with Gasteiger partial charge in [0, 0.05) is 16.3 Å². The SMILES string of the molecule is CC(C)(C)OC(=O)N=NC(=O)c1ccc2c(O)n([C@@H]3CCCC[C@H]3NC(=O)OCc3ccccc3)c(O)c2c1. The quantitative estimate of drug-likeness (QED) is 0.339. The zero-order valence-corrected chi connectivity index (χ0v) is 22.1. The third-order valence-corrected chi connectivity index (χ3v) is 6.40. The number of fused-ring (bicyclic) bond motifs is 1. The molecule has 0 saturated heterocycles. The molecule has 1 saturated carbocycles. The Morgan fingerprint density at radius 3 is 2.38 bits per heavy atom. The molecule has 3 N–H and O–H groups in total. The Labute approximate surface area is 225 Å². The second-order valence-electron chi connectivity index (χ2n) is 10.4.